The lowest BCUT2D eigenvalue weighted by Gasteiger charge is -2.25. The molecular weight excluding hydrogens is 466 g/mol. The number of hydrogen-bond acceptors (Lipinski definition) is 4. The van der Waals surface area contributed by atoms with Crippen molar-refractivity contribution in [2.75, 3.05) is 0 Å². The Balaban J connectivity index is 2.26. The van der Waals surface area contributed by atoms with E-state index in [1.54, 1.807) is 45.0 Å². The summed E-state index contributed by atoms with van der Waals surface area (Å²) in [7, 11) is 0. The fourth-order valence-corrected chi connectivity index (χ4v) is 3.70. The zero-order chi connectivity index (χ0) is 26.2. The number of carbonyl (C=O) groups is 4. The highest BCUT2D eigenvalue weighted by Gasteiger charge is 2.32. The number of carbonyl (C=O) groups excluding carboxylic acids is 4. The van der Waals surface area contributed by atoms with Crippen LogP contribution in [-0.2, 0) is 20.8 Å². The Labute approximate surface area is 212 Å². The maximum atomic E-state index is 13.3. The molecule has 0 bridgehead atoms. The lowest BCUT2D eigenvalue weighted by molar-refractivity contribution is -0.141. The molecule has 7 nitrogen and oxygen atoms in total. The van der Waals surface area contributed by atoms with Crippen molar-refractivity contribution in [3.63, 3.8) is 0 Å². The van der Waals surface area contributed by atoms with Crippen molar-refractivity contribution in [2.24, 2.45) is 5.92 Å². The van der Waals surface area contributed by atoms with Crippen molar-refractivity contribution in [3.05, 3.63) is 70.7 Å². The van der Waals surface area contributed by atoms with E-state index in [-0.39, 0.29) is 22.9 Å². The number of hydrogen-bond donors (Lipinski definition) is 3. The maximum Gasteiger partial charge on any atom is 0.290 e. The van der Waals surface area contributed by atoms with Crippen LogP contribution in [0.2, 0.25) is 5.02 Å². The minimum Gasteiger partial charge on any atom is -0.345 e. The maximum absolute atomic E-state index is 13.3. The van der Waals surface area contributed by atoms with Crippen LogP contribution in [0.3, 0.4) is 0 Å². The van der Waals surface area contributed by atoms with Crippen molar-refractivity contribution < 1.29 is 19.2 Å². The Morgan fingerprint density at radius 1 is 0.857 bits per heavy atom. The van der Waals surface area contributed by atoms with E-state index in [4.69, 9.17) is 11.6 Å². The molecule has 0 unspecified atom stereocenters. The van der Waals surface area contributed by atoms with Crippen molar-refractivity contribution in [1.82, 2.24) is 16.0 Å². The summed E-state index contributed by atoms with van der Waals surface area (Å²) in [6, 6.07) is 13.6. The number of halogens is 1. The van der Waals surface area contributed by atoms with E-state index >= 15 is 0 Å². The van der Waals surface area contributed by atoms with Crippen LogP contribution < -0.4 is 16.0 Å². The van der Waals surface area contributed by atoms with E-state index in [1.807, 2.05) is 44.2 Å². The van der Waals surface area contributed by atoms with E-state index in [0.717, 1.165) is 5.56 Å². The summed E-state index contributed by atoms with van der Waals surface area (Å²) in [5.74, 6) is -2.49. The van der Waals surface area contributed by atoms with Gasteiger partial charge in [0, 0.05) is 12.0 Å². The van der Waals surface area contributed by atoms with Gasteiger partial charge < -0.3 is 16.0 Å². The van der Waals surface area contributed by atoms with Crippen LogP contribution in [0.1, 0.15) is 57.0 Å². The van der Waals surface area contributed by atoms with Crippen molar-refractivity contribution >= 4 is 35.1 Å². The Morgan fingerprint density at radius 3 is 2.03 bits per heavy atom. The van der Waals surface area contributed by atoms with E-state index < -0.39 is 41.1 Å². The second-order valence-corrected chi connectivity index (χ2v) is 10.4. The predicted octanol–water partition coefficient (Wildman–Crippen LogP) is 3.70. The highest BCUT2D eigenvalue weighted by Crippen LogP contribution is 2.16. The summed E-state index contributed by atoms with van der Waals surface area (Å²) >= 11 is 6.14. The van der Waals surface area contributed by atoms with Gasteiger partial charge in [0.05, 0.1) is 10.6 Å². The molecule has 0 aromatic heterocycles. The molecule has 2 atom stereocenters. The lowest BCUT2D eigenvalue weighted by Crippen LogP contribution is -2.56. The quantitative estimate of drug-likeness (QED) is 0.433. The molecule has 0 spiro atoms. The minimum absolute atomic E-state index is 0.0739. The first kappa shape index (κ1) is 28.1. The molecular formula is C27H34ClN3O4. The molecule has 2 rings (SSSR count). The van der Waals surface area contributed by atoms with Gasteiger partial charge in [0.15, 0.2) is 0 Å². The first-order valence-corrected chi connectivity index (χ1v) is 12.0. The second kappa shape index (κ2) is 12.5. The number of Topliss-reactive ketones (excluding diaryl/α,β-unsaturated/α-hetero) is 1. The monoisotopic (exact) mass is 499 g/mol. The Hall–Kier alpha value is -3.19. The molecule has 2 aromatic carbocycles. The largest absolute Gasteiger partial charge is 0.345 e. The van der Waals surface area contributed by atoms with Crippen LogP contribution in [0.25, 0.3) is 0 Å². The zero-order valence-electron chi connectivity index (χ0n) is 20.9. The summed E-state index contributed by atoms with van der Waals surface area (Å²) in [6.07, 6.45) is 0.471. The van der Waals surface area contributed by atoms with Gasteiger partial charge in [-0.15, -0.1) is 0 Å². The molecule has 188 valence electrons. The Morgan fingerprint density at radius 2 is 1.46 bits per heavy atom. The minimum atomic E-state index is -1.10. The molecule has 3 N–H and O–H groups in total. The fourth-order valence-electron chi connectivity index (χ4n) is 3.48. The van der Waals surface area contributed by atoms with Crippen LogP contribution >= 0.6 is 11.6 Å². The van der Waals surface area contributed by atoms with Gasteiger partial charge in [-0.1, -0.05) is 67.9 Å². The highest BCUT2D eigenvalue weighted by atomic mass is 35.5. The van der Waals surface area contributed by atoms with E-state index in [9.17, 15) is 19.2 Å². The molecule has 0 saturated heterocycles. The average Bonchev–Trinajstić information content (AvgIpc) is 2.77. The summed E-state index contributed by atoms with van der Waals surface area (Å²) in [6.45, 7) is 9.15. The molecule has 3 amide bonds. The summed E-state index contributed by atoms with van der Waals surface area (Å²) in [5, 5.41) is 8.37. The molecule has 0 fully saturated rings. The van der Waals surface area contributed by atoms with Gasteiger partial charge in [0.25, 0.3) is 11.8 Å². The first-order chi connectivity index (χ1) is 16.4. The molecule has 8 heteroatoms. The number of benzene rings is 2. The van der Waals surface area contributed by atoms with Gasteiger partial charge in [0.1, 0.15) is 12.1 Å². The molecule has 0 heterocycles. The molecule has 2 aromatic rings. The Kier molecular flexibility index (Phi) is 10.0. The van der Waals surface area contributed by atoms with Gasteiger partial charge in [-0.2, -0.15) is 0 Å². The predicted molar refractivity (Wildman–Crippen MR) is 137 cm³/mol. The molecule has 35 heavy (non-hydrogen) atoms. The van der Waals surface area contributed by atoms with Crippen molar-refractivity contribution in [3.8, 4) is 0 Å². The SMILES string of the molecule is CC(C)C[C@H](NC(=O)c1ccccc1Cl)C(=O)N[C@@H](Cc1ccccc1)C(=O)C(=O)NC(C)(C)C. The normalized spacial score (nSPS) is 13.0. The fraction of sp³-hybridized carbons (Fsp3) is 0.407. The molecule has 0 radical (unpaired) electrons. The number of rotatable bonds is 10. The van der Waals surface area contributed by atoms with Gasteiger partial charge >= 0.3 is 0 Å². The van der Waals surface area contributed by atoms with Crippen LogP contribution in [0.4, 0.5) is 0 Å². The topological polar surface area (TPSA) is 104 Å². The third kappa shape index (κ3) is 9.17. The number of amides is 3. The first-order valence-electron chi connectivity index (χ1n) is 11.6. The van der Waals surface area contributed by atoms with Crippen molar-refractivity contribution in [1.29, 1.82) is 0 Å². The van der Waals surface area contributed by atoms with Crippen molar-refractivity contribution in [2.45, 2.75) is 65.1 Å². The smallest absolute Gasteiger partial charge is 0.290 e. The lowest BCUT2D eigenvalue weighted by atomic mass is 9.98. The van der Waals surface area contributed by atoms with Gasteiger partial charge in [-0.3, -0.25) is 19.2 Å². The van der Waals surface area contributed by atoms with Gasteiger partial charge in [-0.25, -0.2) is 0 Å². The highest BCUT2D eigenvalue weighted by molar-refractivity contribution is 6.38. The van der Waals surface area contributed by atoms with Gasteiger partial charge in [-0.05, 0) is 50.8 Å². The number of ketones is 1. The molecule has 0 aliphatic rings. The third-order valence-electron chi connectivity index (χ3n) is 5.08. The summed E-state index contributed by atoms with van der Waals surface area (Å²) in [4.78, 5) is 51.8. The second-order valence-electron chi connectivity index (χ2n) is 9.95. The summed E-state index contributed by atoms with van der Waals surface area (Å²) in [5.41, 5.74) is 0.421. The standard InChI is InChI=1S/C27H34ClN3O4/c1-17(2)15-22(30-24(33)19-13-9-10-14-20(19)28)25(34)29-21(16-18-11-7-6-8-12-18)23(32)26(35)31-27(3,4)5/h6-14,17,21-22H,15-16H2,1-5H3,(H,29,34)(H,30,33)(H,31,35)/t21-,22-/m0/s1. The zero-order valence-corrected chi connectivity index (χ0v) is 21.6. The van der Waals surface area contributed by atoms with E-state index in [0.29, 0.717) is 6.42 Å². The van der Waals surface area contributed by atoms with Crippen LogP contribution in [-0.4, -0.2) is 41.1 Å². The summed E-state index contributed by atoms with van der Waals surface area (Å²) < 4.78 is 0. The molecule has 0 aliphatic carbocycles. The average molecular weight is 500 g/mol. The van der Waals surface area contributed by atoms with Gasteiger partial charge in [0.2, 0.25) is 11.7 Å². The van der Waals surface area contributed by atoms with Crippen LogP contribution in [0.15, 0.2) is 54.6 Å². The number of nitrogens with one attached hydrogen (secondary N) is 3. The molecule has 0 saturated carbocycles. The Bertz CT molecular complexity index is 1050. The van der Waals surface area contributed by atoms with Crippen LogP contribution in [0, 0.1) is 5.92 Å². The molecule has 0 aliphatic heterocycles. The third-order valence-corrected chi connectivity index (χ3v) is 5.40. The van der Waals surface area contributed by atoms with Crippen LogP contribution in [0.5, 0.6) is 0 Å². The van der Waals surface area contributed by atoms with E-state index in [1.165, 1.54) is 0 Å². The van der Waals surface area contributed by atoms with E-state index in [2.05, 4.69) is 16.0 Å².